The van der Waals surface area contributed by atoms with Crippen LogP contribution in [0.1, 0.15) is 5.56 Å². The molecule has 1 aromatic carbocycles. The molecule has 0 amide bonds. The number of rotatable bonds is 2. The first-order valence-electron chi connectivity index (χ1n) is 3.22. The van der Waals surface area contributed by atoms with E-state index in [0.29, 0.717) is 0 Å². The van der Waals surface area contributed by atoms with E-state index in [1.807, 2.05) is 7.05 Å². The zero-order valence-corrected chi connectivity index (χ0v) is 8.05. The Morgan fingerprint density at radius 1 is 1.40 bits per heavy atom. The van der Waals surface area contributed by atoms with Gasteiger partial charge in [-0.2, -0.15) is 0 Å². The largest absolute Gasteiger partial charge is 0.316 e. The lowest BCUT2D eigenvalue weighted by Gasteiger charge is -2.00. The Hall–Kier alpha value is -0.0900. The Kier molecular flexibility index (Phi) is 3.15. The van der Waals surface area contributed by atoms with Gasteiger partial charge in [-0.25, -0.2) is 0 Å². The second-order valence-corrected chi connectivity index (χ2v) is 3.28. The Bertz CT molecular complexity index is 210. The van der Waals surface area contributed by atoms with Crippen LogP contribution in [-0.2, 0) is 6.54 Å². The smallest absolute Gasteiger partial charge is 0.0213 e. The van der Waals surface area contributed by atoms with E-state index in [1.54, 1.807) is 0 Å². The van der Waals surface area contributed by atoms with Crippen LogP contribution in [0, 0.1) is 3.57 Å². The molecular weight excluding hydrogens is 237 g/mol. The monoisotopic (exact) mass is 247 g/mol. The maximum absolute atomic E-state index is 3.12. The van der Waals surface area contributed by atoms with Crippen molar-refractivity contribution < 1.29 is 0 Å². The number of halogens is 1. The van der Waals surface area contributed by atoms with Gasteiger partial charge < -0.3 is 5.32 Å². The highest BCUT2D eigenvalue weighted by molar-refractivity contribution is 14.1. The lowest BCUT2D eigenvalue weighted by molar-refractivity contribution is 0.814. The minimum Gasteiger partial charge on any atom is -0.316 e. The number of nitrogens with one attached hydrogen (secondary N) is 1. The first kappa shape index (κ1) is 8.01. The van der Waals surface area contributed by atoms with E-state index >= 15 is 0 Å². The Morgan fingerprint density at radius 3 is 2.70 bits per heavy atom. The molecule has 0 radical (unpaired) electrons. The molecule has 0 aliphatic heterocycles. The number of benzene rings is 1. The molecule has 0 bridgehead atoms. The first-order chi connectivity index (χ1) is 4.84. The van der Waals surface area contributed by atoms with Gasteiger partial charge in [-0.15, -0.1) is 0 Å². The molecule has 0 aromatic heterocycles. The summed E-state index contributed by atoms with van der Waals surface area (Å²) < 4.78 is 1.33. The zero-order valence-electron chi connectivity index (χ0n) is 5.89. The van der Waals surface area contributed by atoms with Crippen molar-refractivity contribution in [2.24, 2.45) is 0 Å². The number of hydrogen-bond donors (Lipinski definition) is 1. The van der Waals surface area contributed by atoms with E-state index in [-0.39, 0.29) is 0 Å². The van der Waals surface area contributed by atoms with Crippen molar-refractivity contribution in [3.63, 3.8) is 0 Å². The zero-order chi connectivity index (χ0) is 7.40. The molecule has 0 heterocycles. The van der Waals surface area contributed by atoms with Crippen LogP contribution in [0.25, 0.3) is 0 Å². The second-order valence-electron chi connectivity index (χ2n) is 2.12. The average molecular weight is 247 g/mol. The molecule has 1 nitrogen and oxygen atoms in total. The van der Waals surface area contributed by atoms with Crippen LogP contribution in [-0.4, -0.2) is 7.05 Å². The highest BCUT2D eigenvalue weighted by Crippen LogP contribution is 2.10. The summed E-state index contributed by atoms with van der Waals surface area (Å²) in [5, 5.41) is 3.12. The van der Waals surface area contributed by atoms with Crippen molar-refractivity contribution >= 4 is 22.6 Å². The summed E-state index contributed by atoms with van der Waals surface area (Å²) in [5.74, 6) is 0. The molecule has 1 N–H and O–H groups in total. The summed E-state index contributed by atoms with van der Waals surface area (Å²) >= 11 is 2.34. The van der Waals surface area contributed by atoms with E-state index in [9.17, 15) is 0 Å². The minimum absolute atomic E-state index is 0.957. The topological polar surface area (TPSA) is 12.0 Å². The maximum atomic E-state index is 3.12. The summed E-state index contributed by atoms with van der Waals surface area (Å²) in [6, 6.07) is 8.38. The third-order valence-electron chi connectivity index (χ3n) is 1.33. The van der Waals surface area contributed by atoms with Crippen molar-refractivity contribution in [2.75, 3.05) is 7.05 Å². The molecule has 54 valence electrons. The average Bonchev–Trinajstić information content (AvgIpc) is 1.94. The van der Waals surface area contributed by atoms with Crippen molar-refractivity contribution in [1.29, 1.82) is 0 Å². The standard InChI is InChI=1S/C8H10IN/c1-10-6-7-4-2-3-5-8(7)9/h2-5,10H,6H2,1H3. The molecule has 2 heteroatoms. The Morgan fingerprint density at radius 2 is 2.10 bits per heavy atom. The van der Waals surface area contributed by atoms with Gasteiger partial charge in [-0.3, -0.25) is 0 Å². The Balaban J connectivity index is 2.81. The minimum atomic E-state index is 0.957. The van der Waals surface area contributed by atoms with E-state index in [2.05, 4.69) is 52.2 Å². The summed E-state index contributed by atoms with van der Waals surface area (Å²) in [5.41, 5.74) is 1.37. The van der Waals surface area contributed by atoms with Gasteiger partial charge in [0.2, 0.25) is 0 Å². The molecule has 0 saturated heterocycles. The van der Waals surface area contributed by atoms with Gasteiger partial charge in [0, 0.05) is 10.1 Å². The van der Waals surface area contributed by atoms with E-state index in [0.717, 1.165) is 6.54 Å². The third-order valence-corrected chi connectivity index (χ3v) is 2.38. The summed E-state index contributed by atoms with van der Waals surface area (Å²) in [6.07, 6.45) is 0. The van der Waals surface area contributed by atoms with Gasteiger partial charge in [-0.1, -0.05) is 18.2 Å². The van der Waals surface area contributed by atoms with Gasteiger partial charge in [0.25, 0.3) is 0 Å². The molecule has 10 heavy (non-hydrogen) atoms. The van der Waals surface area contributed by atoms with Crippen molar-refractivity contribution in [3.05, 3.63) is 33.4 Å². The van der Waals surface area contributed by atoms with Gasteiger partial charge in [0.15, 0.2) is 0 Å². The molecule has 1 rings (SSSR count). The van der Waals surface area contributed by atoms with Crippen LogP contribution in [0.5, 0.6) is 0 Å². The normalized spacial score (nSPS) is 9.80. The fourth-order valence-corrected chi connectivity index (χ4v) is 1.41. The molecular formula is C8H10IN. The highest BCUT2D eigenvalue weighted by atomic mass is 127. The van der Waals surface area contributed by atoms with Crippen LogP contribution in [0.3, 0.4) is 0 Å². The van der Waals surface area contributed by atoms with Gasteiger partial charge in [0.1, 0.15) is 0 Å². The fraction of sp³-hybridized carbons (Fsp3) is 0.250. The summed E-state index contributed by atoms with van der Waals surface area (Å²) in [6.45, 7) is 0.957. The third kappa shape index (κ3) is 1.95. The molecule has 0 aliphatic rings. The maximum Gasteiger partial charge on any atom is 0.0213 e. The fourth-order valence-electron chi connectivity index (χ4n) is 0.832. The Labute approximate surface area is 75.0 Å². The van der Waals surface area contributed by atoms with Crippen LogP contribution < -0.4 is 5.32 Å². The van der Waals surface area contributed by atoms with Gasteiger partial charge >= 0.3 is 0 Å². The SMILES string of the molecule is CNCc1ccccc1I. The van der Waals surface area contributed by atoms with Crippen LogP contribution in [0.15, 0.2) is 24.3 Å². The molecule has 0 unspecified atom stereocenters. The van der Waals surface area contributed by atoms with E-state index < -0.39 is 0 Å². The van der Waals surface area contributed by atoms with Gasteiger partial charge in [-0.05, 0) is 41.3 Å². The quantitative estimate of drug-likeness (QED) is 0.788. The molecule has 1 aromatic rings. The summed E-state index contributed by atoms with van der Waals surface area (Å²) in [4.78, 5) is 0. The lowest BCUT2D eigenvalue weighted by Crippen LogP contribution is -2.05. The molecule has 0 aliphatic carbocycles. The van der Waals surface area contributed by atoms with Crippen LogP contribution in [0.4, 0.5) is 0 Å². The van der Waals surface area contributed by atoms with Crippen LogP contribution in [0.2, 0.25) is 0 Å². The van der Waals surface area contributed by atoms with Crippen LogP contribution >= 0.6 is 22.6 Å². The predicted octanol–water partition coefficient (Wildman–Crippen LogP) is 2.01. The molecule has 0 spiro atoms. The van der Waals surface area contributed by atoms with Crippen molar-refractivity contribution in [1.82, 2.24) is 5.32 Å². The first-order valence-corrected chi connectivity index (χ1v) is 4.30. The predicted molar refractivity (Wildman–Crippen MR) is 51.9 cm³/mol. The molecule has 0 saturated carbocycles. The highest BCUT2D eigenvalue weighted by Gasteiger charge is 1.93. The van der Waals surface area contributed by atoms with Crippen molar-refractivity contribution in [3.8, 4) is 0 Å². The molecule has 0 atom stereocenters. The van der Waals surface area contributed by atoms with E-state index in [1.165, 1.54) is 9.13 Å². The number of hydrogen-bond acceptors (Lipinski definition) is 1. The van der Waals surface area contributed by atoms with Crippen molar-refractivity contribution in [2.45, 2.75) is 6.54 Å². The summed E-state index contributed by atoms with van der Waals surface area (Å²) in [7, 11) is 1.96. The van der Waals surface area contributed by atoms with Gasteiger partial charge in [0.05, 0.1) is 0 Å². The second kappa shape index (κ2) is 3.93. The molecule has 0 fully saturated rings. The lowest BCUT2D eigenvalue weighted by atomic mass is 10.2. The van der Waals surface area contributed by atoms with E-state index in [4.69, 9.17) is 0 Å².